The van der Waals surface area contributed by atoms with Crippen LogP contribution in [0.2, 0.25) is 0 Å². The molecule has 2 rings (SSSR count). The molecule has 1 aromatic carbocycles. The van der Waals surface area contributed by atoms with Crippen molar-refractivity contribution in [3.63, 3.8) is 0 Å². The van der Waals surface area contributed by atoms with Gasteiger partial charge in [0.05, 0.1) is 10.6 Å². The summed E-state index contributed by atoms with van der Waals surface area (Å²) in [6.45, 7) is 0. The number of pyridine rings is 1. The van der Waals surface area contributed by atoms with Crippen LogP contribution >= 0.6 is 11.8 Å². The van der Waals surface area contributed by atoms with Crippen molar-refractivity contribution in [1.82, 2.24) is 4.98 Å². The highest BCUT2D eigenvalue weighted by atomic mass is 32.2. The molecule has 2 aromatic rings. The Kier molecular flexibility index (Phi) is 4.40. The quantitative estimate of drug-likeness (QED) is 0.507. The second-order valence-corrected chi connectivity index (χ2v) is 5.12. The van der Waals surface area contributed by atoms with E-state index in [1.165, 1.54) is 24.3 Å². The minimum Gasteiger partial charge on any atom is -0.335 e. The summed E-state index contributed by atoms with van der Waals surface area (Å²) in [6, 6.07) is 7.34. The van der Waals surface area contributed by atoms with Crippen LogP contribution in [-0.2, 0) is 0 Å². The molecule has 1 aromatic heterocycles. The van der Waals surface area contributed by atoms with Gasteiger partial charge in [0.15, 0.2) is 5.82 Å². The van der Waals surface area contributed by atoms with Gasteiger partial charge < -0.3 is 10.3 Å². The van der Waals surface area contributed by atoms with Gasteiger partial charge in [-0.05, 0) is 23.9 Å². The lowest BCUT2D eigenvalue weighted by Crippen LogP contribution is -2.10. The third-order valence-corrected chi connectivity index (χ3v) is 3.27. The molecule has 0 aliphatic rings. The zero-order chi connectivity index (χ0) is 16.3. The Morgan fingerprint density at radius 2 is 1.86 bits per heavy atom. The average Bonchev–Trinajstić information content (AvgIpc) is 2.39. The van der Waals surface area contributed by atoms with Crippen molar-refractivity contribution in [3.05, 3.63) is 56.9 Å². The number of benzene rings is 1. The Morgan fingerprint density at radius 3 is 2.50 bits per heavy atom. The molecule has 0 spiro atoms. The van der Waals surface area contributed by atoms with Gasteiger partial charge in [-0.1, -0.05) is 12.1 Å². The number of halogens is 3. The number of para-hydroxylation sites is 1. The van der Waals surface area contributed by atoms with Crippen LogP contribution in [0.15, 0.2) is 46.1 Å². The molecule has 0 atom stereocenters. The van der Waals surface area contributed by atoms with Gasteiger partial charge in [0.2, 0.25) is 5.56 Å². The molecular formula is C12H8F3N3O3S. The number of thioether (sulfide) groups is 1. The van der Waals surface area contributed by atoms with E-state index in [1.807, 2.05) is 0 Å². The van der Waals surface area contributed by atoms with Gasteiger partial charge >= 0.3 is 11.2 Å². The van der Waals surface area contributed by atoms with Crippen molar-refractivity contribution in [3.8, 4) is 0 Å². The van der Waals surface area contributed by atoms with Gasteiger partial charge in [-0.3, -0.25) is 14.9 Å². The molecule has 2 N–H and O–H groups in total. The smallest absolute Gasteiger partial charge is 0.335 e. The monoisotopic (exact) mass is 331 g/mol. The summed E-state index contributed by atoms with van der Waals surface area (Å²) in [5.74, 6) is -0.285. The zero-order valence-corrected chi connectivity index (χ0v) is 11.5. The standard InChI is InChI=1S/C12H8F3N3O3S/c13-12(14,15)22-9-4-2-1-3-7(9)16-11-8(18(20)21)5-6-10(19)17-11/h1-6H,(H2,16,17,19). The topological polar surface area (TPSA) is 88.0 Å². The molecule has 0 fully saturated rings. The van der Waals surface area contributed by atoms with E-state index in [-0.39, 0.29) is 28.2 Å². The van der Waals surface area contributed by atoms with E-state index in [0.717, 1.165) is 12.1 Å². The molecule has 0 saturated carbocycles. The normalized spacial score (nSPS) is 11.2. The Balaban J connectivity index is 2.42. The zero-order valence-electron chi connectivity index (χ0n) is 10.7. The maximum Gasteiger partial charge on any atom is 0.446 e. The molecule has 10 heteroatoms. The number of hydrogen-bond acceptors (Lipinski definition) is 5. The van der Waals surface area contributed by atoms with Gasteiger partial charge in [0, 0.05) is 17.0 Å². The minimum atomic E-state index is -4.51. The molecule has 1 heterocycles. The molecule has 0 radical (unpaired) electrons. The Morgan fingerprint density at radius 1 is 1.18 bits per heavy atom. The first-order valence-corrected chi connectivity index (χ1v) is 6.57. The molecular weight excluding hydrogens is 323 g/mol. The van der Waals surface area contributed by atoms with Crippen LogP contribution in [0.25, 0.3) is 0 Å². The lowest BCUT2D eigenvalue weighted by molar-refractivity contribution is -0.384. The fraction of sp³-hybridized carbons (Fsp3) is 0.0833. The lowest BCUT2D eigenvalue weighted by atomic mass is 10.3. The van der Waals surface area contributed by atoms with Crippen LogP contribution < -0.4 is 10.9 Å². The summed E-state index contributed by atoms with van der Waals surface area (Å²) in [5, 5.41) is 13.4. The molecule has 0 aliphatic carbocycles. The first kappa shape index (κ1) is 15.9. The van der Waals surface area contributed by atoms with E-state index in [9.17, 15) is 28.1 Å². The van der Waals surface area contributed by atoms with Crippen LogP contribution in [0.3, 0.4) is 0 Å². The number of nitrogens with zero attached hydrogens (tertiary/aromatic N) is 1. The number of hydrogen-bond donors (Lipinski definition) is 2. The average molecular weight is 331 g/mol. The number of aromatic nitrogens is 1. The fourth-order valence-corrected chi connectivity index (χ4v) is 2.26. The highest BCUT2D eigenvalue weighted by molar-refractivity contribution is 8.00. The van der Waals surface area contributed by atoms with Gasteiger partial charge in [-0.25, -0.2) is 0 Å². The van der Waals surface area contributed by atoms with Crippen molar-refractivity contribution in [1.29, 1.82) is 0 Å². The lowest BCUT2D eigenvalue weighted by Gasteiger charge is -2.12. The van der Waals surface area contributed by atoms with Crippen LogP contribution in [0.5, 0.6) is 0 Å². The largest absolute Gasteiger partial charge is 0.446 e. The molecule has 22 heavy (non-hydrogen) atoms. The Bertz CT molecular complexity index is 761. The van der Waals surface area contributed by atoms with Gasteiger partial charge in [-0.2, -0.15) is 13.2 Å². The summed E-state index contributed by atoms with van der Waals surface area (Å²) >= 11 is -0.359. The Labute approximate surface area is 125 Å². The number of rotatable bonds is 4. The summed E-state index contributed by atoms with van der Waals surface area (Å²) in [5.41, 5.74) is -5.58. The molecule has 6 nitrogen and oxygen atoms in total. The second kappa shape index (κ2) is 6.10. The van der Waals surface area contributed by atoms with Crippen molar-refractivity contribution < 1.29 is 18.1 Å². The summed E-state index contributed by atoms with van der Waals surface area (Å²) in [4.78, 5) is 23.4. The number of H-pyrrole nitrogens is 1. The van der Waals surface area contributed by atoms with E-state index in [4.69, 9.17) is 0 Å². The summed E-state index contributed by atoms with van der Waals surface area (Å²) in [6.07, 6.45) is 0. The molecule has 0 saturated heterocycles. The van der Waals surface area contributed by atoms with Gasteiger partial charge in [0.25, 0.3) is 0 Å². The highest BCUT2D eigenvalue weighted by Gasteiger charge is 2.30. The van der Waals surface area contributed by atoms with Crippen LogP contribution in [0, 0.1) is 10.1 Å². The van der Waals surface area contributed by atoms with E-state index in [0.29, 0.717) is 0 Å². The minimum absolute atomic E-state index is 0.00484. The van der Waals surface area contributed by atoms with E-state index >= 15 is 0 Å². The van der Waals surface area contributed by atoms with Crippen molar-refractivity contribution in [2.24, 2.45) is 0 Å². The van der Waals surface area contributed by atoms with Gasteiger partial charge in [-0.15, -0.1) is 0 Å². The fourth-order valence-electron chi connectivity index (χ4n) is 1.63. The van der Waals surface area contributed by atoms with Crippen molar-refractivity contribution >= 4 is 29.0 Å². The first-order valence-electron chi connectivity index (χ1n) is 5.76. The Hall–Kier alpha value is -2.49. The van der Waals surface area contributed by atoms with Crippen LogP contribution in [-0.4, -0.2) is 15.4 Å². The predicted molar refractivity (Wildman–Crippen MR) is 75.4 cm³/mol. The summed E-state index contributed by atoms with van der Waals surface area (Å²) in [7, 11) is 0. The SMILES string of the molecule is O=c1ccc([N+](=O)[O-])c(Nc2ccccc2SC(F)(F)F)[nH]1. The van der Waals surface area contributed by atoms with Crippen LogP contribution in [0.1, 0.15) is 0 Å². The molecule has 0 amide bonds. The molecule has 0 unspecified atom stereocenters. The second-order valence-electron chi connectivity index (χ2n) is 4.01. The third kappa shape index (κ3) is 4.01. The van der Waals surface area contributed by atoms with Crippen molar-refractivity contribution in [2.45, 2.75) is 10.4 Å². The maximum atomic E-state index is 12.5. The maximum absolute atomic E-state index is 12.5. The van der Waals surface area contributed by atoms with Gasteiger partial charge in [0.1, 0.15) is 0 Å². The number of nitrogens with one attached hydrogen (secondary N) is 2. The predicted octanol–water partition coefficient (Wildman–Crippen LogP) is 3.64. The van der Waals surface area contributed by atoms with Crippen LogP contribution in [0.4, 0.5) is 30.4 Å². The van der Waals surface area contributed by atoms with E-state index < -0.39 is 21.7 Å². The first-order chi connectivity index (χ1) is 10.3. The van der Waals surface area contributed by atoms with E-state index in [1.54, 1.807) is 0 Å². The number of nitro groups is 1. The number of aromatic amines is 1. The molecule has 0 bridgehead atoms. The van der Waals surface area contributed by atoms with Crippen molar-refractivity contribution in [2.75, 3.05) is 5.32 Å². The molecule has 0 aliphatic heterocycles. The third-order valence-electron chi connectivity index (χ3n) is 2.47. The number of alkyl halides is 3. The molecule has 116 valence electrons. The number of anilines is 2. The van der Waals surface area contributed by atoms with E-state index in [2.05, 4.69) is 10.3 Å². The summed E-state index contributed by atoms with van der Waals surface area (Å²) < 4.78 is 37.5. The highest BCUT2D eigenvalue weighted by Crippen LogP contribution is 2.41.